The van der Waals surface area contributed by atoms with Gasteiger partial charge in [-0.3, -0.25) is 0 Å². The third kappa shape index (κ3) is 2.03. The fraction of sp³-hybridized carbons (Fsp3) is 0. The smallest absolute Gasteiger partial charge is 0.161 e. The van der Waals surface area contributed by atoms with Gasteiger partial charge < -0.3 is 10.2 Å². The van der Waals surface area contributed by atoms with Crippen molar-refractivity contribution in [2.24, 2.45) is 5.73 Å². The predicted octanol–water partition coefficient (Wildman–Crippen LogP) is 3.23. The molecule has 0 aliphatic carbocycles. The van der Waals surface area contributed by atoms with E-state index in [0.29, 0.717) is 16.5 Å². The second-order valence-corrected chi connectivity index (χ2v) is 3.86. The van der Waals surface area contributed by atoms with Crippen molar-refractivity contribution in [1.82, 2.24) is 0 Å². The largest absolute Gasteiger partial charge is 0.454 e. The molecule has 76 valence electrons. The highest BCUT2D eigenvalue weighted by atomic mass is 35.5. The summed E-state index contributed by atoms with van der Waals surface area (Å²) in [5.41, 5.74) is 6.28. The molecule has 0 saturated heterocycles. The predicted molar refractivity (Wildman–Crippen MR) is 65.0 cm³/mol. The van der Waals surface area contributed by atoms with Gasteiger partial charge in [0.05, 0.1) is 5.02 Å². The zero-order valence-corrected chi connectivity index (χ0v) is 9.31. The summed E-state index contributed by atoms with van der Waals surface area (Å²) >= 11 is 10.8. The van der Waals surface area contributed by atoms with Crippen molar-refractivity contribution in [3.05, 3.63) is 47.2 Å². The lowest BCUT2D eigenvalue weighted by Gasteiger charge is -1.99. The van der Waals surface area contributed by atoms with Gasteiger partial charge >= 0.3 is 0 Å². The van der Waals surface area contributed by atoms with Crippen LogP contribution in [0.25, 0.3) is 11.3 Å². The molecule has 0 radical (unpaired) electrons. The van der Waals surface area contributed by atoms with Crippen molar-refractivity contribution in [2.75, 3.05) is 0 Å². The zero-order valence-electron chi connectivity index (χ0n) is 7.74. The SMILES string of the molecule is NC(=S)c1ccc(-c2ccccc2Cl)o1. The van der Waals surface area contributed by atoms with E-state index in [1.54, 1.807) is 18.2 Å². The van der Waals surface area contributed by atoms with Gasteiger partial charge in [0.25, 0.3) is 0 Å². The molecule has 0 atom stereocenters. The number of nitrogens with two attached hydrogens (primary N) is 1. The number of thiocarbonyl (C=S) groups is 1. The quantitative estimate of drug-likeness (QED) is 0.815. The number of hydrogen-bond donors (Lipinski definition) is 1. The van der Waals surface area contributed by atoms with Gasteiger partial charge in [0, 0.05) is 5.56 Å². The standard InChI is InChI=1S/C11H8ClNOS/c12-8-4-2-1-3-7(8)9-5-6-10(14-9)11(13)15/h1-6H,(H2,13,15). The monoisotopic (exact) mass is 237 g/mol. The molecule has 2 rings (SSSR count). The molecule has 0 fully saturated rings. The summed E-state index contributed by atoms with van der Waals surface area (Å²) in [5.74, 6) is 1.17. The third-order valence-corrected chi connectivity index (χ3v) is 2.52. The highest BCUT2D eigenvalue weighted by Gasteiger charge is 2.08. The molecule has 1 aromatic heterocycles. The van der Waals surface area contributed by atoms with Crippen LogP contribution in [0.2, 0.25) is 5.02 Å². The minimum atomic E-state index is 0.244. The summed E-state index contributed by atoms with van der Waals surface area (Å²) in [6.45, 7) is 0. The molecular weight excluding hydrogens is 230 g/mol. The van der Waals surface area contributed by atoms with Crippen LogP contribution in [0.15, 0.2) is 40.8 Å². The van der Waals surface area contributed by atoms with Crippen LogP contribution < -0.4 is 5.73 Å². The van der Waals surface area contributed by atoms with Crippen molar-refractivity contribution in [2.45, 2.75) is 0 Å². The Morgan fingerprint density at radius 1 is 1.20 bits per heavy atom. The molecule has 2 aromatic rings. The summed E-state index contributed by atoms with van der Waals surface area (Å²) in [6.07, 6.45) is 0. The van der Waals surface area contributed by atoms with E-state index in [9.17, 15) is 0 Å². The molecule has 0 saturated carbocycles. The third-order valence-electron chi connectivity index (χ3n) is 1.99. The molecule has 0 amide bonds. The lowest BCUT2D eigenvalue weighted by atomic mass is 10.2. The van der Waals surface area contributed by atoms with E-state index >= 15 is 0 Å². The Bertz CT molecular complexity index is 507. The lowest BCUT2D eigenvalue weighted by Crippen LogP contribution is -2.07. The normalized spacial score (nSPS) is 10.2. The Morgan fingerprint density at radius 2 is 1.93 bits per heavy atom. The Balaban J connectivity index is 2.46. The molecule has 4 heteroatoms. The van der Waals surface area contributed by atoms with Gasteiger partial charge in [-0.2, -0.15) is 0 Å². The van der Waals surface area contributed by atoms with Crippen molar-refractivity contribution in [3.8, 4) is 11.3 Å². The minimum absolute atomic E-state index is 0.244. The van der Waals surface area contributed by atoms with Crippen molar-refractivity contribution < 1.29 is 4.42 Å². The van der Waals surface area contributed by atoms with Gasteiger partial charge in [-0.25, -0.2) is 0 Å². The first-order chi connectivity index (χ1) is 7.18. The van der Waals surface area contributed by atoms with Crippen molar-refractivity contribution >= 4 is 28.8 Å². The van der Waals surface area contributed by atoms with Crippen LogP contribution in [0.4, 0.5) is 0 Å². The van der Waals surface area contributed by atoms with E-state index in [2.05, 4.69) is 0 Å². The molecule has 15 heavy (non-hydrogen) atoms. The van der Waals surface area contributed by atoms with Crippen LogP contribution in [0, 0.1) is 0 Å². The van der Waals surface area contributed by atoms with E-state index in [0.717, 1.165) is 5.56 Å². The number of benzene rings is 1. The molecule has 0 bridgehead atoms. The Kier molecular flexibility index (Phi) is 2.75. The highest BCUT2D eigenvalue weighted by Crippen LogP contribution is 2.28. The molecule has 1 aromatic carbocycles. The van der Waals surface area contributed by atoms with E-state index < -0.39 is 0 Å². The molecular formula is C11H8ClNOS. The fourth-order valence-corrected chi connectivity index (χ4v) is 1.61. The summed E-state index contributed by atoms with van der Waals surface area (Å²) < 4.78 is 5.46. The Morgan fingerprint density at radius 3 is 2.53 bits per heavy atom. The van der Waals surface area contributed by atoms with Gasteiger partial charge in [0.1, 0.15) is 10.7 Å². The van der Waals surface area contributed by atoms with Gasteiger partial charge in [0.15, 0.2) is 5.76 Å². The first kappa shape index (κ1) is 10.2. The Labute approximate surface area is 97.6 Å². The van der Waals surface area contributed by atoms with Gasteiger partial charge in [-0.05, 0) is 24.3 Å². The summed E-state index contributed by atoms with van der Waals surface area (Å²) in [5, 5.41) is 0.640. The second kappa shape index (κ2) is 4.04. The van der Waals surface area contributed by atoms with E-state index in [-0.39, 0.29) is 4.99 Å². The molecule has 0 aliphatic heterocycles. The van der Waals surface area contributed by atoms with Crippen LogP contribution in [0.3, 0.4) is 0 Å². The summed E-state index contributed by atoms with van der Waals surface area (Å²) in [4.78, 5) is 0.244. The first-order valence-electron chi connectivity index (χ1n) is 4.33. The number of furan rings is 1. The molecule has 2 N–H and O–H groups in total. The van der Waals surface area contributed by atoms with E-state index in [1.165, 1.54) is 0 Å². The molecule has 0 unspecified atom stereocenters. The Hall–Kier alpha value is -1.32. The number of rotatable bonds is 2. The summed E-state index contributed by atoms with van der Waals surface area (Å²) in [6, 6.07) is 11.0. The van der Waals surface area contributed by atoms with Crippen LogP contribution >= 0.6 is 23.8 Å². The maximum atomic E-state index is 6.02. The van der Waals surface area contributed by atoms with Gasteiger partial charge in [-0.1, -0.05) is 36.0 Å². The first-order valence-corrected chi connectivity index (χ1v) is 5.11. The number of halogens is 1. The van der Waals surface area contributed by atoms with Crippen LogP contribution in [0.5, 0.6) is 0 Å². The van der Waals surface area contributed by atoms with Gasteiger partial charge in [0.2, 0.25) is 0 Å². The molecule has 0 spiro atoms. The highest BCUT2D eigenvalue weighted by molar-refractivity contribution is 7.80. The number of hydrogen-bond acceptors (Lipinski definition) is 2. The molecule has 1 heterocycles. The second-order valence-electron chi connectivity index (χ2n) is 3.01. The van der Waals surface area contributed by atoms with Gasteiger partial charge in [-0.15, -0.1) is 0 Å². The van der Waals surface area contributed by atoms with Crippen LogP contribution in [-0.4, -0.2) is 4.99 Å². The minimum Gasteiger partial charge on any atom is -0.454 e. The van der Waals surface area contributed by atoms with E-state index in [4.69, 9.17) is 34.0 Å². The molecule has 0 aliphatic rings. The van der Waals surface area contributed by atoms with Crippen LogP contribution in [0.1, 0.15) is 5.76 Å². The van der Waals surface area contributed by atoms with E-state index in [1.807, 2.05) is 18.2 Å². The maximum absolute atomic E-state index is 6.02. The topological polar surface area (TPSA) is 39.2 Å². The average Bonchev–Trinajstić information content (AvgIpc) is 2.67. The van der Waals surface area contributed by atoms with Crippen LogP contribution in [-0.2, 0) is 0 Å². The average molecular weight is 238 g/mol. The maximum Gasteiger partial charge on any atom is 0.161 e. The zero-order chi connectivity index (χ0) is 10.8. The van der Waals surface area contributed by atoms with Crippen molar-refractivity contribution in [1.29, 1.82) is 0 Å². The lowest BCUT2D eigenvalue weighted by molar-refractivity contribution is 0.573. The summed E-state index contributed by atoms with van der Waals surface area (Å²) in [7, 11) is 0. The fourth-order valence-electron chi connectivity index (χ4n) is 1.28. The molecule has 2 nitrogen and oxygen atoms in total. The van der Waals surface area contributed by atoms with Crippen molar-refractivity contribution in [3.63, 3.8) is 0 Å².